The van der Waals surface area contributed by atoms with Crippen LogP contribution in [-0.2, 0) is 0 Å². The van der Waals surface area contributed by atoms with Gasteiger partial charge in [-0.1, -0.05) is 40.0 Å². The second-order valence-electron chi connectivity index (χ2n) is 4.24. The molecule has 106 valence electrons. The molecule has 3 rings (SSSR count). The van der Waals surface area contributed by atoms with Gasteiger partial charge >= 0.3 is 0 Å². The van der Waals surface area contributed by atoms with Crippen molar-refractivity contribution in [1.29, 1.82) is 0 Å². The van der Waals surface area contributed by atoms with E-state index < -0.39 is 0 Å². The molecule has 2 aromatic carbocycles. The maximum absolute atomic E-state index is 9.83. The van der Waals surface area contributed by atoms with Crippen LogP contribution >= 0.6 is 34.8 Å². The lowest BCUT2D eigenvalue weighted by Gasteiger charge is -1.99. The zero-order chi connectivity index (χ0) is 15.0. The first-order chi connectivity index (χ1) is 10.0. The second kappa shape index (κ2) is 5.56. The Kier molecular flexibility index (Phi) is 3.76. The molecule has 1 aromatic heterocycles. The van der Waals surface area contributed by atoms with Gasteiger partial charge in [0.1, 0.15) is 5.75 Å². The van der Waals surface area contributed by atoms with Crippen molar-refractivity contribution < 1.29 is 9.63 Å². The van der Waals surface area contributed by atoms with E-state index in [-0.39, 0.29) is 11.6 Å². The molecule has 3 aromatic rings. The molecule has 21 heavy (non-hydrogen) atoms. The number of hydrogen-bond acceptors (Lipinski definition) is 4. The van der Waals surface area contributed by atoms with Crippen LogP contribution in [0.3, 0.4) is 0 Å². The molecule has 0 saturated heterocycles. The second-order valence-corrected chi connectivity index (χ2v) is 5.55. The van der Waals surface area contributed by atoms with E-state index in [0.717, 1.165) is 0 Å². The summed E-state index contributed by atoms with van der Waals surface area (Å²) in [6.07, 6.45) is 0. The minimum absolute atomic E-state index is 0.00118. The largest absolute Gasteiger partial charge is 0.507 e. The minimum atomic E-state index is -0.00118. The molecule has 0 aliphatic heterocycles. The predicted octanol–water partition coefficient (Wildman–Crippen LogP) is 5.07. The fourth-order valence-corrected chi connectivity index (χ4v) is 2.51. The molecule has 0 bridgehead atoms. The summed E-state index contributed by atoms with van der Waals surface area (Å²) in [6.45, 7) is 0. The summed E-state index contributed by atoms with van der Waals surface area (Å²) in [7, 11) is 0. The fourth-order valence-electron chi connectivity index (χ4n) is 1.81. The van der Waals surface area contributed by atoms with Crippen LogP contribution in [0.25, 0.3) is 22.8 Å². The van der Waals surface area contributed by atoms with E-state index in [9.17, 15) is 5.11 Å². The predicted molar refractivity (Wildman–Crippen MR) is 81.9 cm³/mol. The monoisotopic (exact) mass is 340 g/mol. The molecule has 0 unspecified atom stereocenters. The molecule has 0 atom stereocenters. The number of phenolic OH excluding ortho intramolecular Hbond substituents is 1. The van der Waals surface area contributed by atoms with Gasteiger partial charge in [0.2, 0.25) is 5.82 Å². The molecule has 0 aliphatic carbocycles. The third kappa shape index (κ3) is 2.97. The highest BCUT2D eigenvalue weighted by molar-refractivity contribution is 6.35. The first-order valence-electron chi connectivity index (χ1n) is 5.82. The van der Waals surface area contributed by atoms with Gasteiger partial charge in [0.25, 0.3) is 5.89 Å². The molecule has 7 heteroatoms. The molecular weight excluding hydrogens is 335 g/mol. The average molecular weight is 342 g/mol. The highest BCUT2D eigenvalue weighted by Gasteiger charge is 2.15. The average Bonchev–Trinajstić information content (AvgIpc) is 2.90. The van der Waals surface area contributed by atoms with Gasteiger partial charge in [0, 0.05) is 20.6 Å². The maximum atomic E-state index is 9.83. The Morgan fingerprint density at radius 2 is 1.62 bits per heavy atom. The van der Waals surface area contributed by atoms with Crippen LogP contribution in [0.2, 0.25) is 15.1 Å². The van der Waals surface area contributed by atoms with Crippen LogP contribution in [0, 0.1) is 0 Å². The van der Waals surface area contributed by atoms with Gasteiger partial charge < -0.3 is 9.63 Å². The summed E-state index contributed by atoms with van der Waals surface area (Å²) >= 11 is 17.8. The number of nitrogens with zero attached hydrogens (tertiary/aromatic N) is 2. The number of phenols is 1. The number of aromatic nitrogens is 2. The lowest BCUT2D eigenvalue weighted by molar-refractivity contribution is 0.426. The van der Waals surface area contributed by atoms with Gasteiger partial charge in [-0.05, 0) is 36.4 Å². The van der Waals surface area contributed by atoms with E-state index in [0.29, 0.717) is 32.0 Å². The standard InChI is InChI=1S/C14H7Cl3N2O2/c15-8-1-2-12(20)11(6-8)14-18-13(19-21-14)7-3-9(16)5-10(17)4-7/h1-6,20H. The smallest absolute Gasteiger partial charge is 0.262 e. The van der Waals surface area contributed by atoms with Crippen LogP contribution in [0.1, 0.15) is 0 Å². The Labute approximate surface area is 134 Å². The van der Waals surface area contributed by atoms with Crippen LogP contribution in [0.5, 0.6) is 5.75 Å². The highest BCUT2D eigenvalue weighted by Crippen LogP contribution is 2.32. The summed E-state index contributed by atoms with van der Waals surface area (Å²) in [5.41, 5.74) is 0.971. The Morgan fingerprint density at radius 3 is 2.33 bits per heavy atom. The van der Waals surface area contributed by atoms with Gasteiger partial charge in [0.05, 0.1) is 5.56 Å². The van der Waals surface area contributed by atoms with Crippen molar-refractivity contribution in [2.24, 2.45) is 0 Å². The molecule has 4 nitrogen and oxygen atoms in total. The minimum Gasteiger partial charge on any atom is -0.507 e. The topological polar surface area (TPSA) is 59.2 Å². The molecule has 1 heterocycles. The van der Waals surface area contributed by atoms with E-state index >= 15 is 0 Å². The van der Waals surface area contributed by atoms with Crippen molar-refractivity contribution in [3.05, 3.63) is 51.5 Å². The molecule has 0 saturated carbocycles. The third-order valence-corrected chi connectivity index (χ3v) is 3.41. The number of halogens is 3. The van der Waals surface area contributed by atoms with Crippen molar-refractivity contribution in [1.82, 2.24) is 10.1 Å². The quantitative estimate of drug-likeness (QED) is 0.707. The molecule has 0 amide bonds. The van der Waals surface area contributed by atoms with Crippen molar-refractivity contribution in [2.45, 2.75) is 0 Å². The highest BCUT2D eigenvalue weighted by atomic mass is 35.5. The fraction of sp³-hybridized carbons (Fsp3) is 0. The van der Waals surface area contributed by atoms with Crippen molar-refractivity contribution in [3.63, 3.8) is 0 Å². The van der Waals surface area contributed by atoms with Crippen molar-refractivity contribution in [3.8, 4) is 28.6 Å². The van der Waals surface area contributed by atoms with E-state index in [1.165, 1.54) is 6.07 Å². The normalized spacial score (nSPS) is 10.8. The number of rotatable bonds is 2. The van der Waals surface area contributed by atoms with Gasteiger partial charge in [-0.3, -0.25) is 0 Å². The van der Waals surface area contributed by atoms with E-state index in [2.05, 4.69) is 10.1 Å². The Balaban J connectivity index is 2.05. The summed E-state index contributed by atoms with van der Waals surface area (Å²) in [4.78, 5) is 4.22. The molecular formula is C14H7Cl3N2O2. The lowest BCUT2D eigenvalue weighted by Crippen LogP contribution is -1.83. The first kappa shape index (κ1) is 14.2. The number of aromatic hydroxyl groups is 1. The van der Waals surface area contributed by atoms with Crippen LogP contribution < -0.4 is 0 Å². The number of benzene rings is 2. The summed E-state index contributed by atoms with van der Waals surface area (Å²) < 4.78 is 5.15. The maximum Gasteiger partial charge on any atom is 0.262 e. The van der Waals surface area contributed by atoms with Gasteiger partial charge in [-0.25, -0.2) is 0 Å². The van der Waals surface area contributed by atoms with Crippen LogP contribution in [0.4, 0.5) is 0 Å². The molecule has 0 spiro atoms. The zero-order valence-corrected chi connectivity index (χ0v) is 12.6. The third-order valence-electron chi connectivity index (χ3n) is 2.74. The number of hydrogen-bond donors (Lipinski definition) is 1. The summed E-state index contributed by atoms with van der Waals surface area (Å²) in [5, 5.41) is 15.1. The van der Waals surface area contributed by atoms with Crippen molar-refractivity contribution in [2.75, 3.05) is 0 Å². The van der Waals surface area contributed by atoms with Crippen molar-refractivity contribution >= 4 is 34.8 Å². The molecule has 0 radical (unpaired) electrons. The van der Waals surface area contributed by atoms with Gasteiger partial charge in [-0.2, -0.15) is 4.98 Å². The van der Waals surface area contributed by atoms with Crippen LogP contribution in [-0.4, -0.2) is 15.2 Å². The molecule has 0 aliphatic rings. The Bertz CT molecular complexity index is 797. The van der Waals surface area contributed by atoms with Crippen LogP contribution in [0.15, 0.2) is 40.9 Å². The van der Waals surface area contributed by atoms with Gasteiger partial charge in [-0.15, -0.1) is 0 Å². The summed E-state index contributed by atoms with van der Waals surface area (Å²) in [5.74, 6) is 0.466. The lowest BCUT2D eigenvalue weighted by atomic mass is 10.2. The van der Waals surface area contributed by atoms with E-state index in [1.807, 2.05) is 0 Å². The Hall–Kier alpha value is -1.75. The van der Waals surface area contributed by atoms with Gasteiger partial charge in [0.15, 0.2) is 0 Å². The van der Waals surface area contributed by atoms with E-state index in [1.54, 1.807) is 30.3 Å². The van der Waals surface area contributed by atoms with E-state index in [4.69, 9.17) is 39.3 Å². The first-order valence-corrected chi connectivity index (χ1v) is 6.95. The molecule has 1 N–H and O–H groups in total. The SMILES string of the molecule is Oc1ccc(Cl)cc1-c1nc(-c2cc(Cl)cc(Cl)c2)no1. The summed E-state index contributed by atoms with van der Waals surface area (Å²) in [6, 6.07) is 9.50. The molecule has 0 fully saturated rings. The Morgan fingerprint density at radius 1 is 0.905 bits per heavy atom. The zero-order valence-electron chi connectivity index (χ0n) is 10.3.